The van der Waals surface area contributed by atoms with Gasteiger partial charge in [0.25, 0.3) is 0 Å². The monoisotopic (exact) mass is 174 g/mol. The van der Waals surface area contributed by atoms with Crippen LogP contribution in [-0.2, 0) is 4.79 Å². The zero-order chi connectivity index (χ0) is 9.10. The number of ketones is 1. The van der Waals surface area contributed by atoms with Crippen molar-refractivity contribution in [2.75, 3.05) is 11.4 Å². The van der Waals surface area contributed by atoms with Gasteiger partial charge in [0, 0.05) is 30.7 Å². The maximum atomic E-state index is 11.1. The van der Waals surface area contributed by atoms with E-state index in [0.29, 0.717) is 13.0 Å². The number of Topliss-reactive ketones (excluding diaryl/α,β-unsaturated/α-hetero) is 1. The lowest BCUT2D eigenvalue weighted by atomic mass is 10.2. The second kappa shape index (κ2) is 3.39. The predicted octanol–water partition coefficient (Wildman–Crippen LogP) is 1.37. The van der Waals surface area contributed by atoms with Gasteiger partial charge in [0.15, 0.2) is 5.78 Å². The summed E-state index contributed by atoms with van der Waals surface area (Å²) < 4.78 is 0. The molecule has 66 valence electrons. The molecule has 2 rings (SSSR count). The summed E-state index contributed by atoms with van der Waals surface area (Å²) in [5, 5.41) is 0. The Kier molecular flexibility index (Phi) is 2.08. The van der Waals surface area contributed by atoms with Crippen LogP contribution >= 0.6 is 0 Å². The fourth-order valence-electron chi connectivity index (χ4n) is 1.33. The summed E-state index contributed by atoms with van der Waals surface area (Å²) in [6, 6.07) is 3.78. The maximum absolute atomic E-state index is 11.1. The van der Waals surface area contributed by atoms with Crippen LogP contribution in [0, 0.1) is 0 Å². The molecular formula is C10H10N2O. The maximum Gasteiger partial charge on any atom is 0.156 e. The first kappa shape index (κ1) is 7.98. The number of hydrogen-bond acceptors (Lipinski definition) is 3. The third-order valence-corrected chi connectivity index (χ3v) is 1.97. The van der Waals surface area contributed by atoms with E-state index in [1.807, 2.05) is 29.3 Å². The fourth-order valence-corrected chi connectivity index (χ4v) is 1.33. The van der Waals surface area contributed by atoms with Gasteiger partial charge < -0.3 is 4.90 Å². The molecule has 0 aromatic carbocycles. The quantitative estimate of drug-likeness (QED) is 0.644. The van der Waals surface area contributed by atoms with Crippen molar-refractivity contribution < 1.29 is 4.79 Å². The standard InChI is InChI=1S/C10H10N2O/c13-10-2-1-7-12(8-10)9-3-5-11-6-4-9/h1,3-7H,2,8H2. The number of aromatic nitrogens is 1. The minimum atomic E-state index is 0.249. The summed E-state index contributed by atoms with van der Waals surface area (Å²) >= 11 is 0. The molecule has 1 aromatic rings. The van der Waals surface area contributed by atoms with Crippen molar-refractivity contribution in [2.24, 2.45) is 0 Å². The molecule has 0 atom stereocenters. The lowest BCUT2D eigenvalue weighted by molar-refractivity contribution is -0.117. The molecule has 3 nitrogen and oxygen atoms in total. The van der Waals surface area contributed by atoms with Gasteiger partial charge in [-0.15, -0.1) is 0 Å². The number of anilines is 1. The Labute approximate surface area is 76.7 Å². The lowest BCUT2D eigenvalue weighted by Crippen LogP contribution is -2.27. The molecule has 0 saturated carbocycles. The second-order valence-electron chi connectivity index (χ2n) is 2.96. The molecule has 0 unspecified atom stereocenters. The molecule has 2 heterocycles. The molecular weight excluding hydrogens is 164 g/mol. The van der Waals surface area contributed by atoms with E-state index in [9.17, 15) is 4.79 Å². The van der Waals surface area contributed by atoms with Gasteiger partial charge in [0.2, 0.25) is 0 Å². The Balaban J connectivity index is 2.22. The molecule has 1 aromatic heterocycles. The van der Waals surface area contributed by atoms with Gasteiger partial charge in [-0.2, -0.15) is 0 Å². The van der Waals surface area contributed by atoms with Gasteiger partial charge in [0.05, 0.1) is 6.54 Å². The number of carbonyl (C=O) groups is 1. The summed E-state index contributed by atoms with van der Waals surface area (Å²) in [7, 11) is 0. The Morgan fingerprint density at radius 2 is 2.08 bits per heavy atom. The van der Waals surface area contributed by atoms with Crippen LogP contribution in [0.15, 0.2) is 36.8 Å². The first-order valence-electron chi connectivity index (χ1n) is 4.21. The summed E-state index contributed by atoms with van der Waals surface area (Å²) in [5.41, 5.74) is 1.01. The van der Waals surface area contributed by atoms with E-state index in [2.05, 4.69) is 4.98 Å². The van der Waals surface area contributed by atoms with Crippen molar-refractivity contribution in [1.82, 2.24) is 4.98 Å². The van der Waals surface area contributed by atoms with Crippen molar-refractivity contribution in [2.45, 2.75) is 6.42 Å². The third-order valence-electron chi connectivity index (χ3n) is 1.97. The fraction of sp³-hybridized carbons (Fsp3) is 0.200. The summed E-state index contributed by atoms with van der Waals surface area (Å²) in [6.07, 6.45) is 7.83. The summed E-state index contributed by atoms with van der Waals surface area (Å²) in [6.45, 7) is 0.473. The van der Waals surface area contributed by atoms with Crippen molar-refractivity contribution in [3.63, 3.8) is 0 Å². The number of hydrogen-bond donors (Lipinski definition) is 0. The molecule has 0 amide bonds. The highest BCUT2D eigenvalue weighted by Gasteiger charge is 2.11. The first-order chi connectivity index (χ1) is 6.36. The predicted molar refractivity (Wildman–Crippen MR) is 50.3 cm³/mol. The summed E-state index contributed by atoms with van der Waals surface area (Å²) in [4.78, 5) is 17.0. The van der Waals surface area contributed by atoms with Gasteiger partial charge in [0.1, 0.15) is 0 Å². The Bertz CT molecular complexity index is 332. The highest BCUT2D eigenvalue weighted by molar-refractivity contribution is 5.86. The Hall–Kier alpha value is -1.64. The van der Waals surface area contributed by atoms with E-state index in [0.717, 1.165) is 5.69 Å². The van der Waals surface area contributed by atoms with E-state index < -0.39 is 0 Å². The lowest BCUT2D eigenvalue weighted by Gasteiger charge is -2.21. The van der Waals surface area contributed by atoms with Gasteiger partial charge >= 0.3 is 0 Å². The van der Waals surface area contributed by atoms with E-state index in [4.69, 9.17) is 0 Å². The average molecular weight is 174 g/mol. The number of allylic oxidation sites excluding steroid dienone is 1. The molecule has 0 aliphatic carbocycles. The minimum absolute atomic E-state index is 0.249. The van der Waals surface area contributed by atoms with Crippen molar-refractivity contribution in [1.29, 1.82) is 0 Å². The van der Waals surface area contributed by atoms with Crippen LogP contribution in [0.2, 0.25) is 0 Å². The molecule has 1 aliphatic rings. The molecule has 3 heteroatoms. The largest absolute Gasteiger partial charge is 0.341 e. The van der Waals surface area contributed by atoms with E-state index in [-0.39, 0.29) is 5.78 Å². The summed E-state index contributed by atoms with van der Waals surface area (Å²) in [5.74, 6) is 0.249. The van der Waals surface area contributed by atoms with Crippen LogP contribution in [0.3, 0.4) is 0 Å². The molecule has 0 fully saturated rings. The molecule has 1 aliphatic heterocycles. The first-order valence-corrected chi connectivity index (χ1v) is 4.21. The smallest absolute Gasteiger partial charge is 0.156 e. The van der Waals surface area contributed by atoms with E-state index >= 15 is 0 Å². The number of pyridine rings is 1. The number of nitrogens with zero attached hydrogens (tertiary/aromatic N) is 2. The van der Waals surface area contributed by atoms with Gasteiger partial charge in [-0.1, -0.05) is 6.08 Å². The van der Waals surface area contributed by atoms with Crippen LogP contribution in [0.1, 0.15) is 6.42 Å². The van der Waals surface area contributed by atoms with E-state index in [1.54, 1.807) is 12.4 Å². The molecule has 0 bridgehead atoms. The van der Waals surface area contributed by atoms with Crippen molar-refractivity contribution >= 4 is 11.5 Å². The molecule has 0 spiro atoms. The van der Waals surface area contributed by atoms with Gasteiger partial charge in [-0.05, 0) is 12.1 Å². The average Bonchev–Trinajstić information content (AvgIpc) is 2.19. The van der Waals surface area contributed by atoms with Crippen LogP contribution < -0.4 is 4.90 Å². The van der Waals surface area contributed by atoms with Crippen LogP contribution in [0.5, 0.6) is 0 Å². The molecule has 13 heavy (non-hydrogen) atoms. The van der Waals surface area contributed by atoms with E-state index in [1.165, 1.54) is 0 Å². The van der Waals surface area contributed by atoms with Crippen LogP contribution in [0.25, 0.3) is 0 Å². The molecule has 0 radical (unpaired) electrons. The highest BCUT2D eigenvalue weighted by Crippen LogP contribution is 2.15. The van der Waals surface area contributed by atoms with Crippen molar-refractivity contribution in [3.05, 3.63) is 36.8 Å². The molecule has 0 N–H and O–H groups in total. The highest BCUT2D eigenvalue weighted by atomic mass is 16.1. The topological polar surface area (TPSA) is 33.2 Å². The van der Waals surface area contributed by atoms with Gasteiger partial charge in [-0.3, -0.25) is 9.78 Å². The number of carbonyl (C=O) groups excluding carboxylic acids is 1. The normalized spacial score (nSPS) is 16.3. The van der Waals surface area contributed by atoms with Gasteiger partial charge in [-0.25, -0.2) is 0 Å². The zero-order valence-electron chi connectivity index (χ0n) is 7.18. The SMILES string of the molecule is O=C1CC=CN(c2ccncc2)C1. The van der Waals surface area contributed by atoms with Crippen molar-refractivity contribution in [3.8, 4) is 0 Å². The second-order valence-corrected chi connectivity index (χ2v) is 2.96. The number of rotatable bonds is 1. The van der Waals surface area contributed by atoms with Crippen LogP contribution in [0.4, 0.5) is 5.69 Å². The Morgan fingerprint density at radius 3 is 2.77 bits per heavy atom. The zero-order valence-corrected chi connectivity index (χ0v) is 7.18. The molecule has 0 saturated heterocycles. The minimum Gasteiger partial charge on any atom is -0.341 e. The van der Waals surface area contributed by atoms with Crippen LogP contribution in [-0.4, -0.2) is 17.3 Å². The third kappa shape index (κ3) is 1.75. The Morgan fingerprint density at radius 1 is 1.31 bits per heavy atom.